The lowest BCUT2D eigenvalue weighted by Crippen LogP contribution is -2.12. The molecule has 6 heteroatoms. The summed E-state index contributed by atoms with van der Waals surface area (Å²) in [6, 6.07) is 4.56. The third-order valence-corrected chi connectivity index (χ3v) is 10.4. The van der Waals surface area contributed by atoms with Gasteiger partial charge in [0.1, 0.15) is 5.58 Å². The molecule has 6 nitrogen and oxygen atoms in total. The summed E-state index contributed by atoms with van der Waals surface area (Å²) in [5, 5.41) is 0.650. The molecule has 52 heavy (non-hydrogen) atoms. The Balaban J connectivity index is 1.65. The van der Waals surface area contributed by atoms with Crippen LogP contribution in [0.3, 0.4) is 0 Å². The van der Waals surface area contributed by atoms with Crippen molar-refractivity contribution in [2.45, 2.75) is 226 Å². The molecule has 0 spiro atoms. The standard InChI is InChI=1S/C46H76O6/c1-4-6-8-10-12-14-16-18-20-22-24-26-28-30-32-34-44(47)51-42-37-40-39(3)36-46(49)50-41(40)38-43(42)52-45(48)35-33-31-29-27-25-23-21-19-17-15-13-11-9-7-5-2/h36-38H,4-35H2,1-3H3. The Morgan fingerprint density at radius 2 is 0.769 bits per heavy atom. The highest BCUT2D eigenvalue weighted by molar-refractivity contribution is 5.86. The van der Waals surface area contributed by atoms with Crippen molar-refractivity contribution < 1.29 is 23.5 Å². The summed E-state index contributed by atoms with van der Waals surface area (Å²) >= 11 is 0. The first-order chi connectivity index (χ1) is 25.4. The highest BCUT2D eigenvalue weighted by Crippen LogP contribution is 2.34. The van der Waals surface area contributed by atoms with Crippen LogP contribution in [0.5, 0.6) is 11.5 Å². The predicted molar refractivity (Wildman–Crippen MR) is 218 cm³/mol. The van der Waals surface area contributed by atoms with Crippen molar-refractivity contribution >= 4 is 22.9 Å². The molecule has 0 aliphatic carbocycles. The number of carbonyl (C=O) groups excluding carboxylic acids is 2. The average Bonchev–Trinajstić information content (AvgIpc) is 3.12. The van der Waals surface area contributed by atoms with Crippen LogP contribution in [0.25, 0.3) is 11.0 Å². The normalized spacial score (nSPS) is 11.4. The fourth-order valence-corrected chi connectivity index (χ4v) is 7.11. The molecule has 0 radical (unpaired) electrons. The van der Waals surface area contributed by atoms with E-state index in [0.29, 0.717) is 29.4 Å². The van der Waals surface area contributed by atoms with Crippen LogP contribution in [0.4, 0.5) is 0 Å². The fourth-order valence-electron chi connectivity index (χ4n) is 7.11. The van der Waals surface area contributed by atoms with Crippen LogP contribution in [0.1, 0.15) is 225 Å². The van der Waals surface area contributed by atoms with Gasteiger partial charge in [0.2, 0.25) is 0 Å². The van der Waals surface area contributed by atoms with Gasteiger partial charge in [0.15, 0.2) is 11.5 Å². The van der Waals surface area contributed by atoms with Crippen LogP contribution in [-0.2, 0) is 9.59 Å². The number of carbonyl (C=O) groups is 2. The zero-order chi connectivity index (χ0) is 37.5. The summed E-state index contributed by atoms with van der Waals surface area (Å²) < 4.78 is 16.8. The van der Waals surface area contributed by atoms with Crippen molar-refractivity contribution in [3.8, 4) is 11.5 Å². The maximum absolute atomic E-state index is 12.9. The van der Waals surface area contributed by atoms with E-state index in [9.17, 15) is 14.4 Å². The number of fused-ring (bicyclic) bond motifs is 1. The fraction of sp³-hybridized carbons (Fsp3) is 0.761. The van der Waals surface area contributed by atoms with E-state index < -0.39 is 5.63 Å². The highest BCUT2D eigenvalue weighted by Gasteiger charge is 2.18. The van der Waals surface area contributed by atoms with Crippen LogP contribution in [0.15, 0.2) is 27.4 Å². The average molecular weight is 725 g/mol. The number of ether oxygens (including phenoxy) is 2. The Bertz CT molecular complexity index is 1260. The lowest BCUT2D eigenvalue weighted by Gasteiger charge is -2.12. The molecule has 0 fully saturated rings. The number of unbranched alkanes of at least 4 members (excludes halogenated alkanes) is 28. The summed E-state index contributed by atoms with van der Waals surface area (Å²) in [4.78, 5) is 37.7. The molecule has 0 saturated carbocycles. The molecule has 0 saturated heterocycles. The predicted octanol–water partition coefficient (Wildman–Crippen LogP) is 14.4. The van der Waals surface area contributed by atoms with Crippen molar-refractivity contribution in [1.82, 2.24) is 0 Å². The second-order valence-electron chi connectivity index (χ2n) is 15.4. The van der Waals surface area contributed by atoms with Crippen LogP contribution < -0.4 is 15.1 Å². The van der Waals surface area contributed by atoms with Crippen molar-refractivity contribution in [3.05, 3.63) is 34.2 Å². The molecule has 0 bridgehead atoms. The summed E-state index contributed by atoms with van der Waals surface area (Å²) in [7, 11) is 0. The van der Waals surface area contributed by atoms with Gasteiger partial charge >= 0.3 is 17.6 Å². The maximum Gasteiger partial charge on any atom is 0.336 e. The van der Waals surface area contributed by atoms with E-state index in [4.69, 9.17) is 13.9 Å². The van der Waals surface area contributed by atoms with E-state index in [1.807, 2.05) is 6.92 Å². The minimum absolute atomic E-state index is 0.122. The second-order valence-corrected chi connectivity index (χ2v) is 15.4. The van der Waals surface area contributed by atoms with Crippen LogP contribution in [-0.4, -0.2) is 11.9 Å². The SMILES string of the molecule is CCCCCCCCCCCCCCCCCC(=O)Oc1cc2oc(=O)cc(C)c2cc1OC(=O)CCCCCCCCCCCCCCCCC. The van der Waals surface area contributed by atoms with Gasteiger partial charge in [-0.05, 0) is 31.4 Å². The van der Waals surface area contributed by atoms with Gasteiger partial charge in [0.25, 0.3) is 0 Å². The van der Waals surface area contributed by atoms with Crippen LogP contribution in [0, 0.1) is 6.92 Å². The largest absolute Gasteiger partial charge is 0.423 e. The summed E-state index contributed by atoms with van der Waals surface area (Å²) in [6.07, 6.45) is 38.6. The summed E-state index contributed by atoms with van der Waals surface area (Å²) in [5.74, 6) is -0.398. The highest BCUT2D eigenvalue weighted by atomic mass is 16.6. The molecule has 0 aliphatic rings. The first-order valence-corrected chi connectivity index (χ1v) is 21.9. The molecule has 2 rings (SSSR count). The monoisotopic (exact) mass is 725 g/mol. The molecule has 296 valence electrons. The quantitative estimate of drug-likeness (QED) is 0.0309. The molecule has 0 atom stereocenters. The Labute approximate surface area is 317 Å². The number of hydrogen-bond donors (Lipinski definition) is 0. The Hall–Kier alpha value is -2.63. The molecule has 1 heterocycles. The van der Waals surface area contributed by atoms with Crippen molar-refractivity contribution in [1.29, 1.82) is 0 Å². The van der Waals surface area contributed by atoms with Gasteiger partial charge in [0.05, 0.1) is 0 Å². The molecule has 0 N–H and O–H groups in total. The molecule has 1 aromatic heterocycles. The molecule has 0 amide bonds. The molecular formula is C46H76O6. The zero-order valence-corrected chi connectivity index (χ0v) is 33.8. The maximum atomic E-state index is 12.9. The van der Waals surface area contributed by atoms with Crippen molar-refractivity contribution in [2.75, 3.05) is 0 Å². The Morgan fingerprint density at radius 1 is 0.462 bits per heavy atom. The smallest absolute Gasteiger partial charge is 0.336 e. The molecular weight excluding hydrogens is 648 g/mol. The first-order valence-electron chi connectivity index (χ1n) is 21.9. The molecule has 1 aromatic carbocycles. The van der Waals surface area contributed by atoms with Gasteiger partial charge in [-0.25, -0.2) is 4.79 Å². The van der Waals surface area contributed by atoms with E-state index in [2.05, 4.69) is 13.8 Å². The lowest BCUT2D eigenvalue weighted by atomic mass is 10.0. The molecule has 0 aliphatic heterocycles. The zero-order valence-electron chi connectivity index (χ0n) is 33.8. The van der Waals surface area contributed by atoms with Gasteiger partial charge in [-0.3, -0.25) is 9.59 Å². The number of benzene rings is 1. The number of esters is 2. The molecule has 0 unspecified atom stereocenters. The van der Waals surface area contributed by atoms with Crippen molar-refractivity contribution in [3.63, 3.8) is 0 Å². The van der Waals surface area contributed by atoms with Gasteiger partial charge in [0, 0.05) is 30.4 Å². The van der Waals surface area contributed by atoms with E-state index in [1.165, 1.54) is 166 Å². The van der Waals surface area contributed by atoms with Crippen molar-refractivity contribution in [2.24, 2.45) is 0 Å². The molecule has 2 aromatic rings. The third kappa shape index (κ3) is 22.4. The number of hydrogen-bond acceptors (Lipinski definition) is 6. The Morgan fingerprint density at radius 3 is 1.12 bits per heavy atom. The summed E-state index contributed by atoms with van der Waals surface area (Å²) in [5.41, 5.74) is 0.543. The van der Waals surface area contributed by atoms with Gasteiger partial charge in [-0.1, -0.05) is 194 Å². The topological polar surface area (TPSA) is 82.8 Å². The lowest BCUT2D eigenvalue weighted by molar-refractivity contribution is -0.137. The van der Waals surface area contributed by atoms with E-state index in [-0.39, 0.29) is 23.4 Å². The van der Waals surface area contributed by atoms with E-state index in [0.717, 1.165) is 38.5 Å². The van der Waals surface area contributed by atoms with Gasteiger partial charge < -0.3 is 13.9 Å². The minimum Gasteiger partial charge on any atom is -0.423 e. The second kappa shape index (κ2) is 30.8. The Kier molecular flexibility index (Phi) is 27.0. The van der Waals surface area contributed by atoms with E-state index >= 15 is 0 Å². The third-order valence-electron chi connectivity index (χ3n) is 10.4. The first kappa shape index (κ1) is 45.5. The minimum atomic E-state index is -0.474. The number of aryl methyl sites for hydroxylation is 1. The van der Waals surface area contributed by atoms with Crippen LogP contribution in [0.2, 0.25) is 0 Å². The number of rotatable bonds is 34. The van der Waals surface area contributed by atoms with Crippen LogP contribution >= 0.6 is 0 Å². The van der Waals surface area contributed by atoms with Gasteiger partial charge in [-0.2, -0.15) is 0 Å². The van der Waals surface area contributed by atoms with E-state index in [1.54, 1.807) is 6.07 Å². The summed E-state index contributed by atoms with van der Waals surface area (Å²) in [6.45, 7) is 6.34. The van der Waals surface area contributed by atoms with Gasteiger partial charge in [-0.15, -0.1) is 0 Å².